The van der Waals surface area contributed by atoms with Crippen LogP contribution in [0.25, 0.3) is 16.8 Å². The van der Waals surface area contributed by atoms with Crippen LogP contribution >= 0.6 is 10.0 Å². The summed E-state index contributed by atoms with van der Waals surface area (Å²) < 4.78 is 0. The highest BCUT2D eigenvalue weighted by Gasteiger charge is 2.39. The predicted molar refractivity (Wildman–Crippen MR) is 125 cm³/mol. The summed E-state index contributed by atoms with van der Waals surface area (Å²) in [6.45, 7) is 2.37. The van der Waals surface area contributed by atoms with E-state index in [-0.39, 0.29) is 0 Å². The maximum atomic E-state index is 3.45. The van der Waals surface area contributed by atoms with Crippen LogP contribution in [0.15, 0.2) is 101 Å². The van der Waals surface area contributed by atoms with Gasteiger partial charge in [0.1, 0.15) is 0 Å². The zero-order chi connectivity index (χ0) is 19.8. The van der Waals surface area contributed by atoms with Crippen LogP contribution in [0.3, 0.4) is 0 Å². The fraction of sp³-hybridized carbons (Fsp3) is 0.143. The highest BCUT2D eigenvalue weighted by atomic mass is 32.3. The van der Waals surface area contributed by atoms with Crippen molar-refractivity contribution in [3.05, 3.63) is 114 Å². The molecule has 0 aliphatic heterocycles. The number of benzene rings is 3. The van der Waals surface area contributed by atoms with Crippen molar-refractivity contribution in [1.29, 1.82) is 0 Å². The van der Waals surface area contributed by atoms with Crippen LogP contribution < -0.4 is 0 Å². The van der Waals surface area contributed by atoms with E-state index in [1.807, 2.05) is 6.07 Å². The van der Waals surface area contributed by atoms with Gasteiger partial charge >= 0.3 is 0 Å². The molecule has 4 aromatic rings. The van der Waals surface area contributed by atoms with Gasteiger partial charge in [-0.1, -0.05) is 85.8 Å². The summed E-state index contributed by atoms with van der Waals surface area (Å²) in [7, 11) is -1.39. The van der Waals surface area contributed by atoms with Crippen molar-refractivity contribution in [1.82, 2.24) is 0 Å². The number of hydrogen-bond donors (Lipinski definition) is 0. The molecule has 29 heavy (non-hydrogen) atoms. The van der Waals surface area contributed by atoms with Crippen molar-refractivity contribution in [2.75, 3.05) is 6.26 Å². The highest BCUT2D eigenvalue weighted by molar-refractivity contribution is 8.33. The lowest BCUT2D eigenvalue weighted by Crippen LogP contribution is -2.20. The Morgan fingerprint density at radius 1 is 0.828 bits per heavy atom. The second-order valence-corrected chi connectivity index (χ2v) is 11.3. The van der Waals surface area contributed by atoms with E-state index in [0.717, 1.165) is 0 Å². The first kappa shape index (κ1) is 18.1. The Morgan fingerprint density at radius 2 is 1.62 bits per heavy atom. The lowest BCUT2D eigenvalue weighted by atomic mass is 9.90. The minimum Gasteiger partial charge on any atom is -0.182 e. The minimum absolute atomic E-state index is 0.408. The zero-order valence-corrected chi connectivity index (χ0v) is 17.6. The zero-order valence-electron chi connectivity index (χ0n) is 16.8. The van der Waals surface area contributed by atoms with E-state index in [9.17, 15) is 0 Å². The molecule has 0 aromatic heterocycles. The fourth-order valence-electron chi connectivity index (χ4n) is 4.78. The van der Waals surface area contributed by atoms with Gasteiger partial charge in [0.25, 0.3) is 0 Å². The summed E-state index contributed by atoms with van der Waals surface area (Å²) in [5.74, 6) is 0.452. The van der Waals surface area contributed by atoms with Crippen molar-refractivity contribution < 1.29 is 0 Å². The molecule has 1 aliphatic carbocycles. The van der Waals surface area contributed by atoms with Gasteiger partial charge < -0.3 is 0 Å². The van der Waals surface area contributed by atoms with Crippen LogP contribution in [0.4, 0.5) is 0 Å². The molecule has 0 amide bonds. The molecule has 0 N–H and O–H groups in total. The Morgan fingerprint density at radius 3 is 2.48 bits per heavy atom. The van der Waals surface area contributed by atoms with Gasteiger partial charge in [0.2, 0.25) is 0 Å². The molecule has 4 aromatic carbocycles. The Bertz CT molecular complexity index is 1190. The minimum atomic E-state index is -1.39. The van der Waals surface area contributed by atoms with Crippen molar-refractivity contribution in [3.8, 4) is 0 Å². The molecule has 0 saturated heterocycles. The molecule has 0 fully saturated rings. The standard InChI is InChI=1S/C28H24S/c1-21-19-20-23-12-7-9-17-26(23)28(21)29(2,24-14-4-3-5-15-24)27-18-10-13-22-11-6-8-16-25(22)27/h3-7,9-15,17-21,28H,1-2H3. The van der Waals surface area contributed by atoms with Crippen LogP contribution in [0.1, 0.15) is 23.3 Å². The normalized spacial score (nSPS) is 21.0. The topological polar surface area (TPSA) is 0 Å². The highest BCUT2D eigenvalue weighted by Crippen LogP contribution is 2.73. The summed E-state index contributed by atoms with van der Waals surface area (Å²) in [6.07, 6.45) is 7.18. The smallest absolute Gasteiger partial charge is 0.0445 e. The Balaban J connectivity index is 1.85. The number of allylic oxidation sites excluding steroid dienone is 1. The lowest BCUT2D eigenvalue weighted by molar-refractivity contribution is 0.689. The first-order valence-corrected chi connectivity index (χ1v) is 12.2. The maximum Gasteiger partial charge on any atom is 0.0445 e. The molecule has 3 atom stereocenters. The van der Waals surface area contributed by atoms with Gasteiger partial charge in [0, 0.05) is 15.5 Å². The largest absolute Gasteiger partial charge is 0.182 e. The van der Waals surface area contributed by atoms with Crippen LogP contribution in [0.2, 0.25) is 0 Å². The van der Waals surface area contributed by atoms with E-state index < -0.39 is 10.0 Å². The van der Waals surface area contributed by atoms with Gasteiger partial charge in [-0.2, -0.15) is 10.0 Å². The molecule has 5 rings (SSSR count). The van der Waals surface area contributed by atoms with E-state index >= 15 is 0 Å². The molecule has 0 radical (unpaired) electrons. The molecule has 1 aliphatic rings. The quantitative estimate of drug-likeness (QED) is 0.335. The van der Waals surface area contributed by atoms with E-state index in [4.69, 9.17) is 0 Å². The van der Waals surface area contributed by atoms with Gasteiger partial charge in [0.05, 0.1) is 0 Å². The number of rotatable bonds is 3. The molecule has 142 valence electrons. The lowest BCUT2D eigenvalue weighted by Gasteiger charge is -2.48. The molecule has 0 heterocycles. The Kier molecular flexibility index (Phi) is 4.46. The van der Waals surface area contributed by atoms with Gasteiger partial charge in [-0.05, 0) is 63.9 Å². The summed E-state index contributed by atoms with van der Waals surface area (Å²) in [5, 5.41) is 2.85. The third-order valence-corrected chi connectivity index (χ3v) is 10.4. The van der Waals surface area contributed by atoms with E-state index in [1.54, 1.807) is 0 Å². The molecule has 1 heteroatoms. The summed E-state index contributed by atoms with van der Waals surface area (Å²) >= 11 is 0. The fourth-order valence-corrected chi connectivity index (χ4v) is 8.95. The second-order valence-electron chi connectivity index (χ2n) is 7.89. The monoisotopic (exact) mass is 392 g/mol. The summed E-state index contributed by atoms with van der Waals surface area (Å²) in [5.41, 5.74) is 2.81. The number of hydrogen-bond acceptors (Lipinski definition) is 0. The Labute approximate surface area is 175 Å². The van der Waals surface area contributed by atoms with E-state index in [0.29, 0.717) is 11.2 Å². The first-order chi connectivity index (χ1) is 14.2. The molecule has 0 nitrogen and oxygen atoms in total. The molecule has 0 spiro atoms. The van der Waals surface area contributed by atoms with Crippen LogP contribution in [-0.4, -0.2) is 6.26 Å². The third-order valence-electron chi connectivity index (χ3n) is 6.16. The molecular weight excluding hydrogens is 368 g/mol. The van der Waals surface area contributed by atoms with E-state index in [1.165, 1.54) is 31.7 Å². The molecule has 3 unspecified atom stereocenters. The summed E-state index contributed by atoms with van der Waals surface area (Å²) in [4.78, 5) is 2.83. The maximum absolute atomic E-state index is 3.45. The molecular formula is C28H24S. The van der Waals surface area contributed by atoms with E-state index in [2.05, 4.69) is 116 Å². The Hall–Kier alpha value is -2.95. The molecule has 0 bridgehead atoms. The van der Waals surface area contributed by atoms with Crippen LogP contribution in [0, 0.1) is 18.1 Å². The average Bonchev–Trinajstić information content (AvgIpc) is 2.79. The predicted octanol–water partition coefficient (Wildman–Crippen LogP) is 7.70. The van der Waals surface area contributed by atoms with Gasteiger partial charge in [-0.15, -0.1) is 0 Å². The van der Waals surface area contributed by atoms with Crippen molar-refractivity contribution in [2.45, 2.75) is 22.0 Å². The summed E-state index contributed by atoms with van der Waals surface area (Å²) in [6, 6.07) is 37.5. The first-order valence-electron chi connectivity index (χ1n) is 10.1. The van der Waals surface area contributed by atoms with Crippen molar-refractivity contribution in [2.24, 2.45) is 5.92 Å². The van der Waals surface area contributed by atoms with Gasteiger partial charge in [-0.25, -0.2) is 0 Å². The van der Waals surface area contributed by atoms with Gasteiger partial charge in [-0.3, -0.25) is 0 Å². The van der Waals surface area contributed by atoms with Crippen LogP contribution in [-0.2, 0) is 0 Å². The van der Waals surface area contributed by atoms with Gasteiger partial charge in [0.15, 0.2) is 0 Å². The van der Waals surface area contributed by atoms with Crippen molar-refractivity contribution >= 4 is 26.9 Å². The second kappa shape index (κ2) is 7.14. The SMILES string of the molecule is CC1C=Cc2ccccc2C1S(C)(c1ccccc1)c1cccc2ccc#cc12. The molecule has 0 saturated carbocycles. The third kappa shape index (κ3) is 2.87. The average molecular weight is 393 g/mol. The van der Waals surface area contributed by atoms with Crippen molar-refractivity contribution in [3.63, 3.8) is 0 Å². The number of fused-ring (bicyclic) bond motifs is 2. The van der Waals surface area contributed by atoms with Crippen LogP contribution in [0.5, 0.6) is 0 Å².